The third kappa shape index (κ3) is 7.35. The number of hydrogen-bond donors (Lipinski definition) is 3. The molecule has 5 nitrogen and oxygen atoms in total. The predicted molar refractivity (Wildman–Crippen MR) is 121 cm³/mol. The maximum Gasteiger partial charge on any atom is 0.191 e. The Morgan fingerprint density at radius 3 is 2.73 bits per heavy atom. The predicted octanol–water partition coefficient (Wildman–Crippen LogP) is 3.94. The van der Waals surface area contributed by atoms with Crippen molar-refractivity contribution in [3.63, 3.8) is 0 Å². The van der Waals surface area contributed by atoms with E-state index >= 15 is 0 Å². The van der Waals surface area contributed by atoms with Crippen LogP contribution in [0.1, 0.15) is 48.6 Å². The number of H-pyrrole nitrogens is 1. The Labute approximate surface area is 174 Å². The summed E-state index contributed by atoms with van der Waals surface area (Å²) in [6.45, 7) is 11.1. The van der Waals surface area contributed by atoms with Crippen LogP contribution < -0.4 is 10.6 Å². The molecule has 0 amide bonds. The van der Waals surface area contributed by atoms with Crippen molar-refractivity contribution in [3.8, 4) is 0 Å². The van der Waals surface area contributed by atoms with Crippen LogP contribution in [-0.2, 0) is 6.42 Å². The summed E-state index contributed by atoms with van der Waals surface area (Å²) >= 11 is 0. The lowest BCUT2D eigenvalue weighted by Gasteiger charge is -2.14. The normalized spacial score (nSPS) is 12.4. The molecule has 2 aromatic rings. The van der Waals surface area contributed by atoms with E-state index in [9.17, 15) is 0 Å². The Hall–Kier alpha value is -1.57. The first-order chi connectivity index (χ1) is 12.1. The van der Waals surface area contributed by atoms with Crippen molar-refractivity contribution in [2.75, 3.05) is 19.6 Å². The molecule has 144 valence electrons. The van der Waals surface area contributed by atoms with Crippen molar-refractivity contribution < 1.29 is 0 Å². The Morgan fingerprint density at radius 2 is 2.08 bits per heavy atom. The minimum atomic E-state index is 0. The average molecular weight is 469 g/mol. The minimum Gasteiger partial charge on any atom is -0.357 e. The molecule has 0 radical (unpaired) electrons. The van der Waals surface area contributed by atoms with Crippen LogP contribution in [0.25, 0.3) is 0 Å². The molecular weight excluding hydrogens is 437 g/mol. The van der Waals surface area contributed by atoms with Crippen LogP contribution in [0.2, 0.25) is 0 Å². The summed E-state index contributed by atoms with van der Waals surface area (Å²) in [7, 11) is 0. The maximum absolute atomic E-state index is 4.75. The monoisotopic (exact) mass is 469 g/mol. The van der Waals surface area contributed by atoms with Crippen LogP contribution in [-0.4, -0.2) is 35.8 Å². The summed E-state index contributed by atoms with van der Waals surface area (Å²) in [6, 6.07) is 8.67. The summed E-state index contributed by atoms with van der Waals surface area (Å²) in [5, 5.41) is 13.8. The van der Waals surface area contributed by atoms with Gasteiger partial charge in [-0.1, -0.05) is 36.8 Å². The van der Waals surface area contributed by atoms with Crippen LogP contribution in [0.4, 0.5) is 0 Å². The average Bonchev–Trinajstić information content (AvgIpc) is 3.01. The molecule has 0 fully saturated rings. The second-order valence-corrected chi connectivity index (χ2v) is 6.59. The van der Waals surface area contributed by atoms with E-state index in [1.807, 2.05) is 6.20 Å². The number of halogens is 1. The molecule has 0 spiro atoms. The van der Waals surface area contributed by atoms with Crippen molar-refractivity contribution in [3.05, 3.63) is 52.8 Å². The van der Waals surface area contributed by atoms with Crippen molar-refractivity contribution in [1.82, 2.24) is 20.8 Å². The zero-order valence-corrected chi connectivity index (χ0v) is 18.6. The Morgan fingerprint density at radius 1 is 1.27 bits per heavy atom. The van der Waals surface area contributed by atoms with E-state index in [1.165, 1.54) is 16.7 Å². The summed E-state index contributed by atoms with van der Waals surface area (Å²) < 4.78 is 0. The topological polar surface area (TPSA) is 65.1 Å². The van der Waals surface area contributed by atoms with E-state index in [1.54, 1.807) is 0 Å². The number of aromatic nitrogens is 2. The number of benzene rings is 1. The van der Waals surface area contributed by atoms with E-state index < -0.39 is 0 Å². The third-order valence-electron chi connectivity index (χ3n) is 4.33. The summed E-state index contributed by atoms with van der Waals surface area (Å²) in [6.07, 6.45) is 3.99. The zero-order chi connectivity index (χ0) is 18.1. The van der Waals surface area contributed by atoms with Gasteiger partial charge in [-0.25, -0.2) is 0 Å². The van der Waals surface area contributed by atoms with Gasteiger partial charge in [-0.2, -0.15) is 5.10 Å². The number of hydrogen-bond acceptors (Lipinski definition) is 2. The molecule has 6 heteroatoms. The number of aryl methyl sites for hydroxylation is 3. The SMILES string of the molecule is CCNC(=NCC(C)c1cccc(C)c1)NCCCc1cn[nH]c1C.I. The molecule has 0 aliphatic carbocycles. The molecule has 1 aromatic heterocycles. The fraction of sp³-hybridized carbons (Fsp3) is 0.500. The van der Waals surface area contributed by atoms with Gasteiger partial charge in [-0.05, 0) is 44.7 Å². The number of nitrogens with one attached hydrogen (secondary N) is 3. The van der Waals surface area contributed by atoms with E-state index in [2.05, 4.69) is 72.8 Å². The number of nitrogens with zero attached hydrogens (tertiary/aromatic N) is 2. The van der Waals surface area contributed by atoms with Gasteiger partial charge in [0.2, 0.25) is 0 Å². The van der Waals surface area contributed by atoms with Gasteiger partial charge >= 0.3 is 0 Å². The molecule has 26 heavy (non-hydrogen) atoms. The smallest absolute Gasteiger partial charge is 0.191 e. The van der Waals surface area contributed by atoms with Crippen LogP contribution >= 0.6 is 24.0 Å². The highest BCUT2D eigenvalue weighted by molar-refractivity contribution is 14.0. The van der Waals surface area contributed by atoms with E-state index in [-0.39, 0.29) is 24.0 Å². The first-order valence-electron chi connectivity index (χ1n) is 9.17. The fourth-order valence-corrected chi connectivity index (χ4v) is 2.77. The highest BCUT2D eigenvalue weighted by atomic mass is 127. The lowest BCUT2D eigenvalue weighted by atomic mass is 10.00. The molecular formula is C20H32IN5. The largest absolute Gasteiger partial charge is 0.357 e. The molecule has 0 bridgehead atoms. The van der Waals surface area contributed by atoms with Crippen molar-refractivity contribution in [1.29, 1.82) is 0 Å². The van der Waals surface area contributed by atoms with Crippen molar-refractivity contribution in [2.45, 2.75) is 46.5 Å². The first kappa shape index (κ1) is 22.5. The van der Waals surface area contributed by atoms with Crippen molar-refractivity contribution in [2.24, 2.45) is 4.99 Å². The number of aliphatic imine (C=N–C) groups is 1. The van der Waals surface area contributed by atoms with Gasteiger partial charge in [-0.3, -0.25) is 10.1 Å². The Balaban J connectivity index is 0.00000338. The molecule has 1 atom stereocenters. The summed E-state index contributed by atoms with van der Waals surface area (Å²) in [4.78, 5) is 4.75. The maximum atomic E-state index is 4.75. The highest BCUT2D eigenvalue weighted by Crippen LogP contribution is 2.16. The van der Waals surface area contributed by atoms with Crippen LogP contribution in [0.3, 0.4) is 0 Å². The summed E-state index contributed by atoms with van der Waals surface area (Å²) in [5.41, 5.74) is 5.09. The molecule has 1 heterocycles. The lowest BCUT2D eigenvalue weighted by molar-refractivity contribution is 0.723. The van der Waals surface area contributed by atoms with Crippen LogP contribution in [0.5, 0.6) is 0 Å². The number of guanidine groups is 1. The van der Waals surface area contributed by atoms with Crippen LogP contribution in [0, 0.1) is 13.8 Å². The van der Waals surface area contributed by atoms with Gasteiger partial charge in [0.15, 0.2) is 5.96 Å². The molecule has 0 saturated carbocycles. The molecule has 0 aliphatic heterocycles. The molecule has 1 unspecified atom stereocenters. The molecule has 2 rings (SSSR count). The van der Waals surface area contributed by atoms with Gasteiger partial charge < -0.3 is 10.6 Å². The zero-order valence-electron chi connectivity index (χ0n) is 16.3. The standard InChI is InChI=1S/C20H31N5.HI/c1-5-21-20(22-11-7-10-19-14-24-25-17(19)4)23-13-16(3)18-9-6-8-15(2)12-18;/h6,8-9,12,14,16H,5,7,10-11,13H2,1-4H3,(H,24,25)(H2,21,22,23);1H. The van der Waals surface area contributed by atoms with E-state index in [0.717, 1.165) is 44.1 Å². The first-order valence-corrected chi connectivity index (χ1v) is 9.17. The fourth-order valence-electron chi connectivity index (χ4n) is 2.77. The number of rotatable bonds is 8. The third-order valence-corrected chi connectivity index (χ3v) is 4.33. The van der Waals surface area contributed by atoms with Gasteiger partial charge in [0.25, 0.3) is 0 Å². The minimum absolute atomic E-state index is 0. The van der Waals surface area contributed by atoms with Gasteiger partial charge in [-0.15, -0.1) is 24.0 Å². The van der Waals surface area contributed by atoms with E-state index in [0.29, 0.717) is 5.92 Å². The van der Waals surface area contributed by atoms with Gasteiger partial charge in [0.05, 0.1) is 6.20 Å². The molecule has 0 aliphatic rings. The second-order valence-electron chi connectivity index (χ2n) is 6.59. The lowest BCUT2D eigenvalue weighted by Crippen LogP contribution is -2.38. The summed E-state index contributed by atoms with van der Waals surface area (Å²) in [5.74, 6) is 1.30. The Bertz CT molecular complexity index is 680. The molecule has 3 N–H and O–H groups in total. The second kappa shape index (κ2) is 11.9. The quantitative estimate of drug-likeness (QED) is 0.238. The molecule has 0 saturated heterocycles. The highest BCUT2D eigenvalue weighted by Gasteiger charge is 2.06. The van der Waals surface area contributed by atoms with E-state index in [4.69, 9.17) is 4.99 Å². The van der Waals surface area contributed by atoms with Gasteiger partial charge in [0, 0.05) is 31.2 Å². The number of aromatic amines is 1. The van der Waals surface area contributed by atoms with Crippen LogP contribution in [0.15, 0.2) is 35.5 Å². The Kier molecular flexibility index (Phi) is 10.3. The molecule has 1 aromatic carbocycles. The van der Waals surface area contributed by atoms with Crippen molar-refractivity contribution >= 4 is 29.9 Å². The van der Waals surface area contributed by atoms with Gasteiger partial charge in [0.1, 0.15) is 0 Å².